The van der Waals surface area contributed by atoms with E-state index in [0.717, 1.165) is 0 Å². The van der Waals surface area contributed by atoms with Crippen LogP contribution in [0.2, 0.25) is 0 Å². The quantitative estimate of drug-likeness (QED) is 0.648. The zero-order valence-electron chi connectivity index (χ0n) is 18.2. The van der Waals surface area contributed by atoms with E-state index in [1.807, 2.05) is 12.1 Å². The van der Waals surface area contributed by atoms with Crippen molar-refractivity contribution < 1.29 is 27.4 Å². The normalized spacial score (nSPS) is 17.1. The van der Waals surface area contributed by atoms with Gasteiger partial charge in [0.1, 0.15) is 5.75 Å². The maximum absolute atomic E-state index is 13.2. The van der Waals surface area contributed by atoms with Crippen LogP contribution in [-0.4, -0.2) is 60.1 Å². The minimum absolute atomic E-state index is 0.111. The fraction of sp³-hybridized carbons (Fsp3) is 0.409. The summed E-state index contributed by atoms with van der Waals surface area (Å²) in [7, 11) is 2.43. The highest BCUT2D eigenvalue weighted by molar-refractivity contribution is 7.89. The molecule has 1 aliphatic rings. The Hall–Kier alpha value is -2.78. The van der Waals surface area contributed by atoms with Crippen LogP contribution >= 0.6 is 0 Å². The number of nitrogens with zero attached hydrogens (tertiary/aromatic N) is 2. The average molecular weight is 449 g/mol. The number of amides is 1. The average Bonchev–Trinajstić information content (AvgIpc) is 2.82. The molecule has 0 saturated carbocycles. The second kappa shape index (κ2) is 9.57. The summed E-state index contributed by atoms with van der Waals surface area (Å²) in [5, 5.41) is 0. The number of anilines is 1. The molecule has 0 N–H and O–H groups in total. The molecule has 2 aromatic carbocycles. The highest BCUT2D eigenvalue weighted by Crippen LogP contribution is 2.32. The van der Waals surface area contributed by atoms with Gasteiger partial charge in [0.2, 0.25) is 15.9 Å². The Kier molecular flexibility index (Phi) is 7.07. The first-order chi connectivity index (χ1) is 14.8. The lowest BCUT2D eigenvalue weighted by atomic mass is 9.98. The summed E-state index contributed by atoms with van der Waals surface area (Å²) in [5.41, 5.74) is 0.698. The van der Waals surface area contributed by atoms with E-state index in [1.165, 1.54) is 30.7 Å². The van der Waals surface area contributed by atoms with Crippen LogP contribution in [0.4, 0.5) is 5.69 Å². The van der Waals surface area contributed by atoms with Crippen molar-refractivity contribution in [2.75, 3.05) is 46.4 Å². The predicted octanol–water partition coefficient (Wildman–Crippen LogP) is 2.78. The molecule has 1 atom stereocenters. The molecule has 1 heterocycles. The number of carbonyl (C=O) groups is 1. The number of benzene rings is 2. The van der Waals surface area contributed by atoms with Crippen molar-refractivity contribution >= 4 is 21.6 Å². The lowest BCUT2D eigenvalue weighted by Gasteiger charge is -2.33. The molecule has 0 spiro atoms. The first-order valence-corrected chi connectivity index (χ1v) is 11.4. The largest absolute Gasteiger partial charge is 0.497 e. The molecule has 3 rings (SSSR count). The van der Waals surface area contributed by atoms with Gasteiger partial charge in [0.15, 0.2) is 11.5 Å². The fourth-order valence-electron chi connectivity index (χ4n) is 3.71. The van der Waals surface area contributed by atoms with Crippen LogP contribution in [0.15, 0.2) is 47.4 Å². The van der Waals surface area contributed by atoms with Gasteiger partial charge >= 0.3 is 0 Å². The Morgan fingerprint density at radius 3 is 2.45 bits per heavy atom. The molecule has 2 aromatic rings. The Morgan fingerprint density at radius 2 is 1.77 bits per heavy atom. The van der Waals surface area contributed by atoms with Gasteiger partial charge in [-0.3, -0.25) is 4.79 Å². The second-order valence-electron chi connectivity index (χ2n) is 7.32. The molecule has 1 aliphatic heterocycles. The van der Waals surface area contributed by atoms with Crippen molar-refractivity contribution in [3.63, 3.8) is 0 Å². The minimum atomic E-state index is -3.78. The van der Waals surface area contributed by atoms with Gasteiger partial charge in [-0.1, -0.05) is 6.07 Å². The van der Waals surface area contributed by atoms with Crippen LogP contribution in [0, 0.1) is 5.92 Å². The van der Waals surface area contributed by atoms with Crippen LogP contribution in [-0.2, 0) is 14.8 Å². The van der Waals surface area contributed by atoms with Gasteiger partial charge in [-0.2, -0.15) is 4.31 Å². The van der Waals surface area contributed by atoms with Gasteiger partial charge in [-0.15, -0.1) is 0 Å². The molecular weight excluding hydrogens is 420 g/mol. The zero-order chi connectivity index (χ0) is 22.6. The van der Waals surface area contributed by atoms with Crippen molar-refractivity contribution in [1.82, 2.24) is 4.31 Å². The van der Waals surface area contributed by atoms with Gasteiger partial charge in [-0.25, -0.2) is 8.42 Å². The smallest absolute Gasteiger partial charge is 0.243 e. The molecule has 1 amide bonds. The Labute approximate surface area is 183 Å². The summed E-state index contributed by atoms with van der Waals surface area (Å²) in [4.78, 5) is 14.8. The number of methoxy groups -OCH3 is 3. The summed E-state index contributed by atoms with van der Waals surface area (Å²) in [5.74, 6) is 0.887. The second-order valence-corrected chi connectivity index (χ2v) is 9.26. The fourth-order valence-corrected chi connectivity index (χ4v) is 5.25. The number of ether oxygens (including phenoxy) is 3. The van der Waals surface area contributed by atoms with Crippen molar-refractivity contribution in [1.29, 1.82) is 0 Å². The van der Waals surface area contributed by atoms with E-state index in [4.69, 9.17) is 14.2 Å². The summed E-state index contributed by atoms with van der Waals surface area (Å²) in [6.07, 6.45) is 1.24. The van der Waals surface area contributed by atoms with Gasteiger partial charge in [0.25, 0.3) is 0 Å². The van der Waals surface area contributed by atoms with Gasteiger partial charge in [0, 0.05) is 38.0 Å². The standard InChI is InChI=1S/C22H28N2O6S/c1-23(17-8-5-9-18(13-17)28-2)22(25)16-7-6-12-24(15-16)31(26,27)19-10-11-20(29-3)21(14-19)30-4/h5,8-11,13-14,16H,6-7,12,15H2,1-4H3/t16-/m0/s1. The number of piperidine rings is 1. The molecular formula is C22H28N2O6S. The van der Waals surface area contributed by atoms with Crippen LogP contribution in [0.3, 0.4) is 0 Å². The van der Waals surface area contributed by atoms with Crippen molar-refractivity contribution in [2.45, 2.75) is 17.7 Å². The molecule has 0 radical (unpaired) electrons. The highest BCUT2D eigenvalue weighted by atomic mass is 32.2. The van der Waals surface area contributed by atoms with E-state index >= 15 is 0 Å². The monoisotopic (exact) mass is 448 g/mol. The van der Waals surface area contributed by atoms with Gasteiger partial charge < -0.3 is 19.1 Å². The van der Waals surface area contributed by atoms with Crippen molar-refractivity contribution in [3.8, 4) is 17.2 Å². The maximum Gasteiger partial charge on any atom is 0.243 e. The zero-order valence-corrected chi connectivity index (χ0v) is 19.0. The van der Waals surface area contributed by atoms with Crippen LogP contribution < -0.4 is 19.1 Å². The molecule has 1 saturated heterocycles. The molecule has 9 heteroatoms. The van der Waals surface area contributed by atoms with Crippen LogP contribution in [0.25, 0.3) is 0 Å². The first kappa shape index (κ1) is 22.9. The van der Waals surface area contributed by atoms with Crippen molar-refractivity contribution in [3.05, 3.63) is 42.5 Å². The van der Waals surface area contributed by atoms with E-state index in [1.54, 1.807) is 37.3 Å². The Bertz CT molecular complexity index is 1040. The Balaban J connectivity index is 1.79. The van der Waals surface area contributed by atoms with Gasteiger partial charge in [-0.05, 0) is 37.1 Å². The number of carbonyl (C=O) groups excluding carboxylic acids is 1. The van der Waals surface area contributed by atoms with Gasteiger partial charge in [0.05, 0.1) is 32.1 Å². The van der Waals surface area contributed by atoms with E-state index in [-0.39, 0.29) is 17.3 Å². The number of rotatable bonds is 7. The van der Waals surface area contributed by atoms with Crippen molar-refractivity contribution in [2.24, 2.45) is 5.92 Å². The van der Waals surface area contributed by atoms with E-state index < -0.39 is 15.9 Å². The summed E-state index contributed by atoms with van der Waals surface area (Å²) < 4.78 is 43.5. The predicted molar refractivity (Wildman–Crippen MR) is 117 cm³/mol. The van der Waals surface area contributed by atoms with E-state index in [0.29, 0.717) is 42.3 Å². The number of hydrogen-bond donors (Lipinski definition) is 0. The third-order valence-corrected chi connectivity index (χ3v) is 7.36. The SMILES string of the molecule is COc1cccc(N(C)C(=O)[C@H]2CCCN(S(=O)(=O)c3ccc(OC)c(OC)c3)C2)c1. The highest BCUT2D eigenvalue weighted by Gasteiger charge is 2.35. The van der Waals surface area contributed by atoms with Crippen LogP contribution in [0.1, 0.15) is 12.8 Å². The molecule has 0 bridgehead atoms. The van der Waals surface area contributed by atoms with E-state index in [2.05, 4.69) is 0 Å². The topological polar surface area (TPSA) is 85.4 Å². The Morgan fingerprint density at radius 1 is 1.03 bits per heavy atom. The molecule has 0 aromatic heterocycles. The summed E-state index contributed by atoms with van der Waals surface area (Å²) in [6.45, 7) is 0.493. The third-order valence-electron chi connectivity index (χ3n) is 5.50. The molecule has 31 heavy (non-hydrogen) atoms. The first-order valence-electron chi connectivity index (χ1n) is 9.95. The lowest BCUT2D eigenvalue weighted by Crippen LogP contribution is -2.45. The summed E-state index contributed by atoms with van der Waals surface area (Å²) >= 11 is 0. The molecule has 0 aliphatic carbocycles. The maximum atomic E-state index is 13.2. The van der Waals surface area contributed by atoms with E-state index in [9.17, 15) is 13.2 Å². The molecule has 168 valence electrons. The lowest BCUT2D eigenvalue weighted by molar-refractivity contribution is -0.123. The minimum Gasteiger partial charge on any atom is -0.497 e. The molecule has 8 nitrogen and oxygen atoms in total. The third kappa shape index (κ3) is 4.77. The number of sulfonamides is 1. The number of hydrogen-bond acceptors (Lipinski definition) is 6. The summed E-state index contributed by atoms with van der Waals surface area (Å²) in [6, 6.07) is 11.7. The molecule has 1 fully saturated rings. The van der Waals surface area contributed by atoms with Crippen LogP contribution in [0.5, 0.6) is 17.2 Å². The molecule has 0 unspecified atom stereocenters.